The average Bonchev–Trinajstić information content (AvgIpc) is 3.06. The van der Waals surface area contributed by atoms with E-state index < -0.39 is 28.5 Å². The molecule has 12 heteroatoms. The first-order chi connectivity index (χ1) is 16.7. The molecule has 1 saturated carbocycles. The van der Waals surface area contributed by atoms with Crippen molar-refractivity contribution in [3.05, 3.63) is 41.9 Å². The molecule has 1 atom stereocenters. The molecule has 5 rings (SSSR count). The summed E-state index contributed by atoms with van der Waals surface area (Å²) in [6, 6.07) is 5.78. The summed E-state index contributed by atoms with van der Waals surface area (Å²) in [6.07, 6.45) is 1.68. The molecule has 2 saturated heterocycles. The molecule has 2 aromatic heterocycles. The maximum atomic E-state index is 13.6. The van der Waals surface area contributed by atoms with E-state index in [2.05, 4.69) is 27.9 Å². The predicted molar refractivity (Wildman–Crippen MR) is 124 cm³/mol. The summed E-state index contributed by atoms with van der Waals surface area (Å²) in [5.74, 6) is 0.130. The van der Waals surface area contributed by atoms with Crippen molar-refractivity contribution in [3.8, 4) is 11.9 Å². The van der Waals surface area contributed by atoms with E-state index in [0.29, 0.717) is 24.4 Å². The first kappa shape index (κ1) is 23.7. The normalized spacial score (nSPS) is 22.3. The highest BCUT2D eigenvalue weighted by Gasteiger charge is 2.60. The third-order valence-electron chi connectivity index (χ3n) is 6.86. The maximum Gasteiger partial charge on any atom is 0.419 e. The van der Waals surface area contributed by atoms with E-state index in [1.54, 1.807) is 23.2 Å². The third-order valence-corrected chi connectivity index (χ3v) is 7.32. The van der Waals surface area contributed by atoms with Gasteiger partial charge in [-0.05, 0) is 57.3 Å². The van der Waals surface area contributed by atoms with Crippen LogP contribution in [0.2, 0.25) is 0 Å². The molecule has 184 valence electrons. The fourth-order valence-electron chi connectivity index (χ4n) is 4.93. The van der Waals surface area contributed by atoms with E-state index in [1.165, 1.54) is 11.0 Å². The Morgan fingerprint density at radius 3 is 2.46 bits per heavy atom. The lowest BCUT2D eigenvalue weighted by molar-refractivity contribution is -0.138. The van der Waals surface area contributed by atoms with Gasteiger partial charge in [-0.15, -0.1) is 12.6 Å². The SMILES string of the molecule is N#Cc1ncc(N2C(=O)C3(CCC3)N(c3ccc(OC4CCNCC4)nc3)C2S)cc1C(F)(F)F. The molecule has 0 radical (unpaired) electrons. The van der Waals surface area contributed by atoms with E-state index >= 15 is 0 Å². The van der Waals surface area contributed by atoms with Crippen LogP contribution in [0, 0.1) is 11.3 Å². The van der Waals surface area contributed by atoms with Gasteiger partial charge in [0.05, 0.1) is 29.3 Å². The van der Waals surface area contributed by atoms with Crippen LogP contribution in [0.1, 0.15) is 43.4 Å². The van der Waals surface area contributed by atoms with E-state index in [1.807, 2.05) is 0 Å². The molecule has 2 aromatic rings. The van der Waals surface area contributed by atoms with E-state index in [9.17, 15) is 18.0 Å². The minimum absolute atomic E-state index is 0.0612. The minimum atomic E-state index is -4.79. The Labute approximate surface area is 205 Å². The molecule has 3 aliphatic rings. The number of nitriles is 1. The molecular formula is C23H23F3N6O2S. The number of aromatic nitrogens is 2. The van der Waals surface area contributed by atoms with Crippen molar-refractivity contribution in [3.63, 3.8) is 0 Å². The number of alkyl halides is 3. The molecule has 2 aliphatic heterocycles. The van der Waals surface area contributed by atoms with Gasteiger partial charge in [0.15, 0.2) is 11.2 Å². The summed E-state index contributed by atoms with van der Waals surface area (Å²) < 4.78 is 46.5. The zero-order chi connectivity index (χ0) is 24.8. The number of carbonyl (C=O) groups is 1. The van der Waals surface area contributed by atoms with Crippen molar-refractivity contribution in [2.24, 2.45) is 0 Å². The number of amides is 1. The van der Waals surface area contributed by atoms with Crippen LogP contribution in [0.5, 0.6) is 5.88 Å². The van der Waals surface area contributed by atoms with Gasteiger partial charge < -0.3 is 15.0 Å². The van der Waals surface area contributed by atoms with Crippen molar-refractivity contribution in [1.29, 1.82) is 5.26 Å². The molecule has 1 spiro atoms. The number of piperidine rings is 1. The molecule has 0 aromatic carbocycles. The summed E-state index contributed by atoms with van der Waals surface area (Å²) in [5, 5.41) is 12.3. The van der Waals surface area contributed by atoms with E-state index in [4.69, 9.17) is 10.00 Å². The second kappa shape index (κ2) is 8.87. The van der Waals surface area contributed by atoms with Crippen LogP contribution in [0.15, 0.2) is 30.6 Å². The Balaban J connectivity index is 1.45. The quantitative estimate of drug-likeness (QED) is 0.616. The molecule has 0 bridgehead atoms. The van der Waals surface area contributed by atoms with Gasteiger partial charge in [0.1, 0.15) is 17.7 Å². The Bertz CT molecular complexity index is 1160. The van der Waals surface area contributed by atoms with Crippen molar-refractivity contribution in [2.75, 3.05) is 22.9 Å². The molecule has 4 heterocycles. The highest BCUT2D eigenvalue weighted by molar-refractivity contribution is 7.81. The molecular weight excluding hydrogens is 481 g/mol. The van der Waals surface area contributed by atoms with Crippen LogP contribution >= 0.6 is 12.6 Å². The number of nitrogens with zero attached hydrogens (tertiary/aromatic N) is 5. The highest BCUT2D eigenvalue weighted by Crippen LogP contribution is 2.50. The van der Waals surface area contributed by atoms with Crippen molar-refractivity contribution >= 4 is 29.9 Å². The molecule has 1 N–H and O–H groups in total. The van der Waals surface area contributed by atoms with E-state index in [-0.39, 0.29) is 17.7 Å². The van der Waals surface area contributed by atoms with Crippen LogP contribution < -0.4 is 19.9 Å². The smallest absolute Gasteiger partial charge is 0.419 e. The second-order valence-electron chi connectivity index (χ2n) is 8.90. The number of nitrogens with one attached hydrogen (secondary N) is 1. The average molecular weight is 505 g/mol. The van der Waals surface area contributed by atoms with Crippen LogP contribution in [0.25, 0.3) is 0 Å². The first-order valence-corrected chi connectivity index (χ1v) is 11.9. The van der Waals surface area contributed by atoms with Crippen LogP contribution in [0.4, 0.5) is 24.5 Å². The number of pyridine rings is 2. The summed E-state index contributed by atoms with van der Waals surface area (Å²) in [6.45, 7) is 1.77. The van der Waals surface area contributed by atoms with Gasteiger partial charge in [-0.1, -0.05) is 0 Å². The Morgan fingerprint density at radius 1 is 1.17 bits per heavy atom. The van der Waals surface area contributed by atoms with Crippen LogP contribution in [-0.4, -0.2) is 46.1 Å². The number of carbonyl (C=O) groups excluding carboxylic acids is 1. The van der Waals surface area contributed by atoms with Gasteiger partial charge >= 0.3 is 6.18 Å². The van der Waals surface area contributed by atoms with Crippen LogP contribution in [0.3, 0.4) is 0 Å². The number of hydrogen-bond acceptors (Lipinski definition) is 8. The van der Waals surface area contributed by atoms with Crippen LogP contribution in [-0.2, 0) is 11.0 Å². The summed E-state index contributed by atoms with van der Waals surface area (Å²) in [4.78, 5) is 24.7. The largest absolute Gasteiger partial charge is 0.474 e. The lowest BCUT2D eigenvalue weighted by atomic mass is 9.75. The highest BCUT2D eigenvalue weighted by atomic mass is 32.1. The summed E-state index contributed by atoms with van der Waals surface area (Å²) in [5.41, 5.74) is -3.17. The topological polar surface area (TPSA) is 94.4 Å². The van der Waals surface area contributed by atoms with Gasteiger partial charge in [0, 0.05) is 6.07 Å². The first-order valence-electron chi connectivity index (χ1n) is 11.4. The van der Waals surface area contributed by atoms with Crippen molar-refractivity contribution < 1.29 is 22.7 Å². The Hall–Kier alpha value is -3.04. The Kier molecular flexibility index (Phi) is 6.01. The fraction of sp³-hybridized carbons (Fsp3) is 0.478. The zero-order valence-electron chi connectivity index (χ0n) is 18.6. The van der Waals surface area contributed by atoms with Gasteiger partial charge in [-0.3, -0.25) is 9.69 Å². The van der Waals surface area contributed by atoms with Gasteiger partial charge in [0.2, 0.25) is 5.88 Å². The van der Waals surface area contributed by atoms with Crippen molar-refractivity contribution in [1.82, 2.24) is 15.3 Å². The number of halogens is 3. The van der Waals surface area contributed by atoms with Gasteiger partial charge in [0.25, 0.3) is 5.91 Å². The van der Waals surface area contributed by atoms with Gasteiger partial charge in [-0.2, -0.15) is 18.4 Å². The number of hydrogen-bond donors (Lipinski definition) is 2. The number of thiol groups is 1. The molecule has 35 heavy (non-hydrogen) atoms. The van der Waals surface area contributed by atoms with Gasteiger partial charge in [-0.25, -0.2) is 9.97 Å². The predicted octanol–water partition coefficient (Wildman–Crippen LogP) is 3.49. The molecule has 8 nitrogen and oxygen atoms in total. The Morgan fingerprint density at radius 2 is 1.89 bits per heavy atom. The second-order valence-corrected chi connectivity index (χ2v) is 9.36. The summed E-state index contributed by atoms with van der Waals surface area (Å²) in [7, 11) is 0. The standard InChI is InChI=1S/C23H23F3N6O2S/c24-23(25,26)17-10-15(13-29-18(17)11-27)31-20(33)22(6-1-7-22)32(21(31)35)14-2-3-19(30-12-14)34-16-4-8-28-9-5-16/h2-3,10,12-13,16,21,28,35H,1,4-9H2. The molecule has 1 amide bonds. The number of rotatable bonds is 4. The number of ether oxygens (including phenoxy) is 1. The lowest BCUT2D eigenvalue weighted by Crippen LogP contribution is -2.55. The van der Waals surface area contributed by atoms with E-state index in [0.717, 1.165) is 44.6 Å². The molecule has 1 unspecified atom stereocenters. The monoisotopic (exact) mass is 504 g/mol. The fourth-order valence-corrected chi connectivity index (χ4v) is 5.52. The maximum absolute atomic E-state index is 13.6. The molecule has 1 aliphatic carbocycles. The minimum Gasteiger partial charge on any atom is -0.474 e. The lowest BCUT2D eigenvalue weighted by Gasteiger charge is -2.44. The molecule has 3 fully saturated rings. The number of anilines is 2. The zero-order valence-corrected chi connectivity index (χ0v) is 19.5. The third kappa shape index (κ3) is 4.06. The van der Waals surface area contributed by atoms with Crippen molar-refractivity contribution in [2.45, 2.75) is 55.4 Å². The summed E-state index contributed by atoms with van der Waals surface area (Å²) >= 11 is 4.64.